The summed E-state index contributed by atoms with van der Waals surface area (Å²) >= 11 is 0. The molecular weight excluding hydrogens is 214 g/mol. The Hall–Kier alpha value is -1.52. The van der Waals surface area contributed by atoms with Crippen LogP contribution >= 0.6 is 12.4 Å². The van der Waals surface area contributed by atoms with E-state index in [0.29, 0.717) is 11.4 Å². The molecule has 0 unspecified atom stereocenters. The first-order valence-electron chi connectivity index (χ1n) is 4.30. The Bertz CT molecular complexity index is 442. The standard InChI is InChI=1S/C10H11N3O.ClH/c11-8-3-1-2-7(4-8)10-12-5-9(6-14)13-10;/h1-5,14H,6,11H2,(H,12,13);1H. The van der Waals surface area contributed by atoms with Crippen LogP contribution in [0, 0.1) is 0 Å². The van der Waals surface area contributed by atoms with Crippen LogP contribution in [0.25, 0.3) is 11.4 Å². The Balaban J connectivity index is 0.00000112. The van der Waals surface area contributed by atoms with E-state index in [-0.39, 0.29) is 19.0 Å². The van der Waals surface area contributed by atoms with Crippen molar-refractivity contribution in [3.8, 4) is 11.4 Å². The summed E-state index contributed by atoms with van der Waals surface area (Å²) in [5, 5.41) is 8.86. The fourth-order valence-corrected chi connectivity index (χ4v) is 1.27. The Morgan fingerprint density at radius 1 is 1.40 bits per heavy atom. The van der Waals surface area contributed by atoms with Crippen molar-refractivity contribution >= 4 is 18.1 Å². The fourth-order valence-electron chi connectivity index (χ4n) is 1.27. The Morgan fingerprint density at radius 2 is 2.20 bits per heavy atom. The molecule has 0 saturated heterocycles. The van der Waals surface area contributed by atoms with Gasteiger partial charge in [0.05, 0.1) is 18.5 Å². The van der Waals surface area contributed by atoms with Gasteiger partial charge < -0.3 is 15.8 Å². The summed E-state index contributed by atoms with van der Waals surface area (Å²) in [6.45, 7) is -0.0324. The summed E-state index contributed by atoms with van der Waals surface area (Å²) in [6.07, 6.45) is 1.61. The van der Waals surface area contributed by atoms with Crippen LogP contribution in [0.5, 0.6) is 0 Å². The number of hydrogen-bond donors (Lipinski definition) is 3. The minimum absolute atomic E-state index is 0. The molecule has 0 spiro atoms. The molecule has 5 heteroatoms. The van der Waals surface area contributed by atoms with Crippen molar-refractivity contribution < 1.29 is 5.11 Å². The van der Waals surface area contributed by atoms with Crippen LogP contribution in [0.3, 0.4) is 0 Å². The van der Waals surface area contributed by atoms with Crippen LogP contribution in [-0.2, 0) is 6.61 Å². The van der Waals surface area contributed by atoms with E-state index in [1.165, 1.54) is 0 Å². The average molecular weight is 226 g/mol. The maximum absolute atomic E-state index is 8.86. The van der Waals surface area contributed by atoms with Crippen molar-refractivity contribution in [3.05, 3.63) is 36.2 Å². The van der Waals surface area contributed by atoms with Gasteiger partial charge in [0.1, 0.15) is 5.82 Å². The molecule has 1 aromatic carbocycles. The third-order valence-electron chi connectivity index (χ3n) is 1.96. The zero-order valence-corrected chi connectivity index (χ0v) is 8.79. The maximum atomic E-state index is 8.86. The number of halogens is 1. The third kappa shape index (κ3) is 2.49. The molecule has 0 fully saturated rings. The largest absolute Gasteiger partial charge is 0.399 e. The van der Waals surface area contributed by atoms with E-state index >= 15 is 0 Å². The molecule has 80 valence electrons. The molecule has 0 aliphatic heterocycles. The van der Waals surface area contributed by atoms with Gasteiger partial charge in [-0.15, -0.1) is 12.4 Å². The van der Waals surface area contributed by atoms with Crippen LogP contribution in [-0.4, -0.2) is 15.1 Å². The lowest BCUT2D eigenvalue weighted by molar-refractivity contribution is 0.277. The van der Waals surface area contributed by atoms with Crippen LogP contribution in [0.4, 0.5) is 5.69 Å². The monoisotopic (exact) mass is 225 g/mol. The summed E-state index contributed by atoms with van der Waals surface area (Å²) in [5.41, 5.74) is 7.96. The molecule has 15 heavy (non-hydrogen) atoms. The lowest BCUT2D eigenvalue weighted by atomic mass is 10.2. The number of aromatic nitrogens is 2. The van der Waals surface area contributed by atoms with Gasteiger partial charge in [-0.05, 0) is 12.1 Å². The number of nitrogen functional groups attached to an aromatic ring is 1. The summed E-state index contributed by atoms with van der Waals surface area (Å²) < 4.78 is 0. The van der Waals surface area contributed by atoms with E-state index in [1.54, 1.807) is 6.20 Å². The van der Waals surface area contributed by atoms with Crippen LogP contribution in [0.15, 0.2) is 30.5 Å². The highest BCUT2D eigenvalue weighted by molar-refractivity contribution is 5.85. The molecule has 0 atom stereocenters. The predicted octanol–water partition coefficient (Wildman–Crippen LogP) is 1.57. The maximum Gasteiger partial charge on any atom is 0.137 e. The minimum atomic E-state index is -0.0324. The lowest BCUT2D eigenvalue weighted by Crippen LogP contribution is -1.87. The number of nitrogens with one attached hydrogen (secondary N) is 1. The number of nitrogens with two attached hydrogens (primary N) is 1. The quantitative estimate of drug-likeness (QED) is 0.680. The first-order chi connectivity index (χ1) is 6.79. The topological polar surface area (TPSA) is 74.9 Å². The highest BCUT2D eigenvalue weighted by atomic mass is 35.5. The molecular formula is C10H12ClN3O. The van der Waals surface area contributed by atoms with Gasteiger partial charge in [-0.3, -0.25) is 0 Å². The van der Waals surface area contributed by atoms with Gasteiger partial charge in [0.2, 0.25) is 0 Å². The van der Waals surface area contributed by atoms with E-state index < -0.39 is 0 Å². The molecule has 4 nitrogen and oxygen atoms in total. The van der Waals surface area contributed by atoms with Gasteiger partial charge in [0.25, 0.3) is 0 Å². The zero-order chi connectivity index (χ0) is 9.97. The van der Waals surface area contributed by atoms with Crippen LogP contribution < -0.4 is 5.73 Å². The third-order valence-corrected chi connectivity index (χ3v) is 1.96. The molecule has 0 radical (unpaired) electrons. The number of H-pyrrole nitrogens is 1. The smallest absolute Gasteiger partial charge is 0.137 e. The van der Waals surface area contributed by atoms with Gasteiger partial charge in [-0.2, -0.15) is 0 Å². The highest BCUT2D eigenvalue weighted by Crippen LogP contribution is 2.17. The number of nitrogens with zero attached hydrogens (tertiary/aromatic N) is 1. The number of aliphatic hydroxyl groups excluding tert-OH is 1. The van der Waals surface area contributed by atoms with Crippen LogP contribution in [0.2, 0.25) is 0 Å². The molecule has 0 amide bonds. The normalized spacial score (nSPS) is 9.67. The van der Waals surface area contributed by atoms with Crippen molar-refractivity contribution in [1.82, 2.24) is 9.97 Å². The molecule has 4 N–H and O–H groups in total. The number of benzene rings is 1. The highest BCUT2D eigenvalue weighted by Gasteiger charge is 2.02. The number of rotatable bonds is 2. The molecule has 0 aliphatic rings. The molecule has 0 saturated carbocycles. The Labute approximate surface area is 93.6 Å². The first kappa shape index (κ1) is 11.6. The van der Waals surface area contributed by atoms with E-state index in [9.17, 15) is 0 Å². The molecule has 2 aromatic rings. The molecule has 1 aromatic heterocycles. The van der Waals surface area contributed by atoms with Gasteiger partial charge in [0.15, 0.2) is 0 Å². The van der Waals surface area contributed by atoms with E-state index in [2.05, 4.69) is 9.97 Å². The average Bonchev–Trinajstić information content (AvgIpc) is 2.66. The molecule has 0 bridgehead atoms. The second kappa shape index (κ2) is 4.82. The van der Waals surface area contributed by atoms with E-state index in [4.69, 9.17) is 10.8 Å². The van der Waals surface area contributed by atoms with Gasteiger partial charge in [0, 0.05) is 11.3 Å². The number of imidazole rings is 1. The lowest BCUT2D eigenvalue weighted by Gasteiger charge is -1.97. The summed E-state index contributed by atoms with van der Waals surface area (Å²) in [5.74, 6) is 0.723. The van der Waals surface area contributed by atoms with Crippen molar-refractivity contribution in [1.29, 1.82) is 0 Å². The van der Waals surface area contributed by atoms with E-state index in [1.807, 2.05) is 24.3 Å². The van der Waals surface area contributed by atoms with Gasteiger partial charge in [-0.25, -0.2) is 4.98 Å². The minimum Gasteiger partial charge on any atom is -0.399 e. The number of anilines is 1. The molecule has 2 rings (SSSR count). The summed E-state index contributed by atoms with van der Waals surface area (Å²) in [7, 11) is 0. The first-order valence-corrected chi connectivity index (χ1v) is 4.30. The van der Waals surface area contributed by atoms with Crippen molar-refractivity contribution in [2.24, 2.45) is 0 Å². The zero-order valence-electron chi connectivity index (χ0n) is 7.97. The SMILES string of the molecule is Cl.Nc1cccc(-c2ncc(CO)[nH]2)c1. The van der Waals surface area contributed by atoms with E-state index in [0.717, 1.165) is 11.4 Å². The molecule has 1 heterocycles. The van der Waals surface area contributed by atoms with Crippen LogP contribution in [0.1, 0.15) is 5.69 Å². The van der Waals surface area contributed by atoms with Crippen molar-refractivity contribution in [2.75, 3.05) is 5.73 Å². The summed E-state index contributed by atoms with van der Waals surface area (Å²) in [6, 6.07) is 7.43. The second-order valence-electron chi connectivity index (χ2n) is 3.04. The Morgan fingerprint density at radius 3 is 2.80 bits per heavy atom. The van der Waals surface area contributed by atoms with Gasteiger partial charge >= 0.3 is 0 Å². The fraction of sp³-hybridized carbons (Fsp3) is 0.100. The predicted molar refractivity (Wildman–Crippen MR) is 61.6 cm³/mol. The number of aliphatic hydroxyl groups is 1. The number of aromatic amines is 1. The van der Waals surface area contributed by atoms with Gasteiger partial charge in [-0.1, -0.05) is 12.1 Å². The Kier molecular flexibility index (Phi) is 3.71. The van der Waals surface area contributed by atoms with Crippen molar-refractivity contribution in [2.45, 2.75) is 6.61 Å². The second-order valence-corrected chi connectivity index (χ2v) is 3.04. The number of hydrogen-bond acceptors (Lipinski definition) is 3. The summed E-state index contributed by atoms with van der Waals surface area (Å²) in [4.78, 5) is 7.12. The molecule has 0 aliphatic carbocycles. The van der Waals surface area contributed by atoms with Crippen molar-refractivity contribution in [3.63, 3.8) is 0 Å².